The van der Waals surface area contributed by atoms with E-state index in [1.807, 2.05) is 48.5 Å². The van der Waals surface area contributed by atoms with Gasteiger partial charge in [-0.2, -0.15) is 4.52 Å². The number of Topliss-reactive ketones (excluding diaryl/α,β-unsaturated/α-hetero) is 1. The van der Waals surface area contributed by atoms with Gasteiger partial charge in [0.15, 0.2) is 17.3 Å². The quantitative estimate of drug-likeness (QED) is 0.405. The lowest BCUT2D eigenvalue weighted by molar-refractivity contribution is 0.0972. The van der Waals surface area contributed by atoms with E-state index in [4.69, 9.17) is 4.98 Å². The molecule has 5 aromatic rings. The standard InChI is InChI=1S/C24H18N4O2S/c29-18(15-8-3-1-4-9-15)14-27-23-20(17-12-7-13-19(17)31-23)22-25-21(26-28(22)24(27)30)16-10-5-2-6-11-16/h1-6,8-11H,7,12-14H2. The fraction of sp³-hybridized carbons (Fsp3) is 0.167. The van der Waals surface area contributed by atoms with Crippen molar-refractivity contribution < 1.29 is 4.79 Å². The third-order valence-corrected chi connectivity index (χ3v) is 7.13. The first kappa shape index (κ1) is 18.2. The number of hydrogen-bond donors (Lipinski definition) is 0. The molecule has 1 aliphatic carbocycles. The van der Waals surface area contributed by atoms with Gasteiger partial charge in [0.05, 0.1) is 11.9 Å². The van der Waals surface area contributed by atoms with E-state index < -0.39 is 0 Å². The van der Waals surface area contributed by atoms with Crippen molar-refractivity contribution in [3.05, 3.63) is 87.2 Å². The second-order valence-corrected chi connectivity index (χ2v) is 8.82. The molecular formula is C24H18N4O2S. The number of aryl methyl sites for hydroxylation is 2. The zero-order chi connectivity index (χ0) is 20.9. The third kappa shape index (κ3) is 2.84. The van der Waals surface area contributed by atoms with E-state index >= 15 is 0 Å². The van der Waals surface area contributed by atoms with E-state index in [0.29, 0.717) is 17.0 Å². The molecule has 2 aromatic carbocycles. The van der Waals surface area contributed by atoms with Crippen LogP contribution in [0.2, 0.25) is 0 Å². The molecule has 0 aliphatic heterocycles. The van der Waals surface area contributed by atoms with Gasteiger partial charge in [0.25, 0.3) is 0 Å². The van der Waals surface area contributed by atoms with E-state index in [0.717, 1.165) is 35.0 Å². The average Bonchev–Trinajstić information content (AvgIpc) is 3.52. The van der Waals surface area contributed by atoms with Crippen LogP contribution in [0.25, 0.3) is 27.3 Å². The molecule has 3 aromatic heterocycles. The Bertz CT molecular complexity index is 1510. The van der Waals surface area contributed by atoms with Crippen molar-refractivity contribution in [1.29, 1.82) is 0 Å². The first-order chi connectivity index (χ1) is 15.2. The summed E-state index contributed by atoms with van der Waals surface area (Å²) in [5.41, 5.74) is 2.95. The summed E-state index contributed by atoms with van der Waals surface area (Å²) in [5, 5.41) is 5.51. The third-order valence-electron chi connectivity index (χ3n) is 5.82. The first-order valence-electron chi connectivity index (χ1n) is 10.3. The van der Waals surface area contributed by atoms with Crippen molar-refractivity contribution >= 4 is 33.0 Å². The summed E-state index contributed by atoms with van der Waals surface area (Å²) in [6.45, 7) is -0.0186. The van der Waals surface area contributed by atoms with Crippen molar-refractivity contribution in [3.8, 4) is 11.4 Å². The van der Waals surface area contributed by atoms with Gasteiger partial charge in [-0.05, 0) is 24.8 Å². The van der Waals surface area contributed by atoms with Crippen LogP contribution in [0.15, 0.2) is 65.5 Å². The molecule has 0 N–H and O–H groups in total. The smallest absolute Gasteiger partial charge is 0.292 e. The lowest BCUT2D eigenvalue weighted by atomic mass is 10.1. The number of hydrogen-bond acceptors (Lipinski definition) is 5. The number of benzene rings is 2. The maximum Gasteiger partial charge on any atom is 0.352 e. The molecule has 3 heterocycles. The van der Waals surface area contributed by atoms with Crippen LogP contribution >= 0.6 is 11.3 Å². The fourth-order valence-corrected chi connectivity index (χ4v) is 5.70. The van der Waals surface area contributed by atoms with Crippen LogP contribution in [0.5, 0.6) is 0 Å². The molecule has 1 aliphatic rings. The van der Waals surface area contributed by atoms with E-state index in [-0.39, 0.29) is 18.0 Å². The molecule has 0 bridgehead atoms. The Balaban J connectivity index is 1.60. The number of carbonyl (C=O) groups excluding carboxylic acids is 1. The van der Waals surface area contributed by atoms with Crippen molar-refractivity contribution in [3.63, 3.8) is 0 Å². The lowest BCUT2D eigenvalue weighted by Crippen LogP contribution is -2.30. The van der Waals surface area contributed by atoms with Crippen LogP contribution in [-0.2, 0) is 19.4 Å². The lowest BCUT2D eigenvalue weighted by Gasteiger charge is -2.08. The minimum atomic E-state index is -0.332. The fourth-order valence-electron chi connectivity index (χ4n) is 4.33. The number of nitrogens with zero attached hydrogens (tertiary/aromatic N) is 4. The van der Waals surface area contributed by atoms with Crippen LogP contribution in [0.4, 0.5) is 0 Å². The summed E-state index contributed by atoms with van der Waals surface area (Å²) in [7, 11) is 0. The number of fused-ring (bicyclic) bond motifs is 5. The Hall–Kier alpha value is -3.58. The normalized spacial score (nSPS) is 13.2. The second-order valence-electron chi connectivity index (χ2n) is 7.73. The molecular weight excluding hydrogens is 408 g/mol. The molecule has 0 saturated carbocycles. The van der Waals surface area contributed by atoms with Crippen molar-refractivity contribution in [1.82, 2.24) is 19.2 Å². The van der Waals surface area contributed by atoms with Crippen molar-refractivity contribution in [2.45, 2.75) is 25.8 Å². The summed E-state index contributed by atoms with van der Waals surface area (Å²) in [5.74, 6) is 0.421. The molecule has 0 unspecified atom stereocenters. The van der Waals surface area contributed by atoms with Gasteiger partial charge < -0.3 is 0 Å². The molecule has 6 rings (SSSR count). The van der Waals surface area contributed by atoms with Gasteiger partial charge in [0, 0.05) is 16.0 Å². The highest BCUT2D eigenvalue weighted by atomic mass is 32.1. The molecule has 6 nitrogen and oxygen atoms in total. The Morgan fingerprint density at radius 1 is 1.00 bits per heavy atom. The monoisotopic (exact) mass is 426 g/mol. The Labute approximate surface area is 181 Å². The predicted molar refractivity (Wildman–Crippen MR) is 121 cm³/mol. The summed E-state index contributed by atoms with van der Waals surface area (Å²) in [4.78, 5) is 33.3. The van der Waals surface area contributed by atoms with Gasteiger partial charge in [-0.15, -0.1) is 16.4 Å². The highest BCUT2D eigenvalue weighted by molar-refractivity contribution is 7.19. The zero-order valence-corrected chi connectivity index (χ0v) is 17.4. The topological polar surface area (TPSA) is 69.3 Å². The van der Waals surface area contributed by atoms with E-state index in [1.165, 1.54) is 15.0 Å². The SMILES string of the molecule is O=C(Cn1c(=O)n2nc(-c3ccccc3)nc2c2c3c(sc21)CCC3)c1ccccc1. The molecule has 0 saturated heterocycles. The maximum absolute atomic E-state index is 13.5. The van der Waals surface area contributed by atoms with E-state index in [2.05, 4.69) is 5.10 Å². The number of carbonyl (C=O) groups is 1. The number of thiophene rings is 1. The summed E-state index contributed by atoms with van der Waals surface area (Å²) in [6.07, 6.45) is 3.07. The molecule has 0 amide bonds. The van der Waals surface area contributed by atoms with E-state index in [9.17, 15) is 9.59 Å². The van der Waals surface area contributed by atoms with Crippen LogP contribution < -0.4 is 5.69 Å². The van der Waals surface area contributed by atoms with Gasteiger partial charge in [0.2, 0.25) is 0 Å². The highest BCUT2D eigenvalue weighted by Gasteiger charge is 2.26. The molecule has 7 heteroatoms. The molecule has 0 spiro atoms. The molecule has 0 atom stereocenters. The zero-order valence-electron chi connectivity index (χ0n) is 16.6. The molecule has 31 heavy (non-hydrogen) atoms. The largest absolute Gasteiger partial charge is 0.352 e. The minimum Gasteiger partial charge on any atom is -0.292 e. The second kappa shape index (κ2) is 6.99. The summed E-state index contributed by atoms with van der Waals surface area (Å²) >= 11 is 1.61. The average molecular weight is 427 g/mol. The van der Waals surface area contributed by atoms with Crippen LogP contribution in [0, 0.1) is 0 Å². The van der Waals surface area contributed by atoms with Gasteiger partial charge in [-0.1, -0.05) is 60.7 Å². The molecule has 152 valence electrons. The Morgan fingerprint density at radius 2 is 1.74 bits per heavy atom. The van der Waals surface area contributed by atoms with E-state index in [1.54, 1.807) is 28.0 Å². The van der Waals surface area contributed by atoms with Crippen LogP contribution in [0.1, 0.15) is 27.2 Å². The highest BCUT2D eigenvalue weighted by Crippen LogP contribution is 2.38. The number of ketones is 1. The predicted octanol–water partition coefficient (Wildman–Crippen LogP) is 4.14. The van der Waals surface area contributed by atoms with Crippen LogP contribution in [-0.4, -0.2) is 24.9 Å². The van der Waals surface area contributed by atoms with Gasteiger partial charge in [-0.25, -0.2) is 9.78 Å². The minimum absolute atomic E-state index is 0.0186. The van der Waals surface area contributed by atoms with Crippen molar-refractivity contribution in [2.24, 2.45) is 0 Å². The number of rotatable bonds is 4. The van der Waals surface area contributed by atoms with Gasteiger partial charge >= 0.3 is 5.69 Å². The van der Waals surface area contributed by atoms with Crippen molar-refractivity contribution in [2.75, 3.05) is 0 Å². The van der Waals surface area contributed by atoms with Gasteiger partial charge in [-0.3, -0.25) is 9.36 Å². The molecule has 0 radical (unpaired) electrons. The summed E-state index contributed by atoms with van der Waals surface area (Å²) in [6, 6.07) is 18.7. The Morgan fingerprint density at radius 3 is 2.52 bits per heavy atom. The first-order valence-corrected chi connectivity index (χ1v) is 11.1. The number of aromatic nitrogens is 4. The summed E-state index contributed by atoms with van der Waals surface area (Å²) < 4.78 is 2.94. The maximum atomic E-state index is 13.5. The Kier molecular flexibility index (Phi) is 4.11. The van der Waals surface area contributed by atoms with Crippen LogP contribution in [0.3, 0.4) is 0 Å². The van der Waals surface area contributed by atoms with Gasteiger partial charge in [0.1, 0.15) is 4.83 Å². The molecule has 0 fully saturated rings.